The number of carbonyl (C=O) groups excluding carboxylic acids is 1. The van der Waals surface area contributed by atoms with Gasteiger partial charge in [0.05, 0.1) is 18.8 Å². The molecular weight excluding hydrogens is 322 g/mol. The third kappa shape index (κ3) is 5.29. The van der Waals surface area contributed by atoms with Gasteiger partial charge in [-0.2, -0.15) is 0 Å². The smallest absolute Gasteiger partial charge is 0.240 e. The van der Waals surface area contributed by atoms with Crippen molar-refractivity contribution >= 4 is 34.8 Å². The molecule has 2 N–H and O–H groups in total. The van der Waals surface area contributed by atoms with Gasteiger partial charge in [-0.15, -0.1) is 23.7 Å². The number of carbonyl (C=O) groups is 1. The van der Waals surface area contributed by atoms with Crippen LogP contribution in [0.1, 0.15) is 13.3 Å². The number of likely N-dealkylation sites (N-methyl/N-ethyl adjacent to an activating group) is 1. The number of thiazole rings is 1. The Balaban J connectivity index is 0.00000242. The van der Waals surface area contributed by atoms with E-state index in [-0.39, 0.29) is 24.9 Å². The summed E-state index contributed by atoms with van der Waals surface area (Å²) in [6.07, 6.45) is 0.990. The number of ether oxygens (including phenoxy) is 1. The van der Waals surface area contributed by atoms with Gasteiger partial charge in [0.15, 0.2) is 5.13 Å². The quantitative estimate of drug-likeness (QED) is 0.812. The molecular formula is C15H20ClN3O2S. The molecule has 0 atom stereocenters. The van der Waals surface area contributed by atoms with Crippen molar-refractivity contribution < 1.29 is 9.53 Å². The van der Waals surface area contributed by atoms with Crippen LogP contribution >= 0.6 is 23.7 Å². The fourth-order valence-electron chi connectivity index (χ4n) is 1.73. The number of benzene rings is 1. The Hall–Kier alpha value is -1.63. The van der Waals surface area contributed by atoms with Crippen molar-refractivity contribution in [2.45, 2.75) is 13.3 Å². The van der Waals surface area contributed by atoms with Crippen LogP contribution in [0.2, 0.25) is 0 Å². The number of nitrogens with one attached hydrogen (secondary N) is 2. The Morgan fingerprint density at radius 1 is 1.32 bits per heavy atom. The van der Waals surface area contributed by atoms with Gasteiger partial charge >= 0.3 is 0 Å². The van der Waals surface area contributed by atoms with Gasteiger partial charge in [-0.05, 0) is 37.7 Å². The molecule has 0 saturated carbocycles. The van der Waals surface area contributed by atoms with Crippen molar-refractivity contribution in [3.05, 3.63) is 29.6 Å². The SMILES string of the molecule is CCCOc1ccc(-c2csc(NC(=O)CNC)n2)cc1.Cl. The molecule has 0 aliphatic heterocycles. The molecule has 0 unspecified atom stereocenters. The van der Waals surface area contributed by atoms with E-state index < -0.39 is 0 Å². The maximum atomic E-state index is 11.5. The monoisotopic (exact) mass is 341 g/mol. The van der Waals surface area contributed by atoms with E-state index in [2.05, 4.69) is 22.5 Å². The van der Waals surface area contributed by atoms with Crippen molar-refractivity contribution in [3.63, 3.8) is 0 Å². The summed E-state index contributed by atoms with van der Waals surface area (Å²) in [4.78, 5) is 15.9. The van der Waals surface area contributed by atoms with Gasteiger partial charge in [-0.3, -0.25) is 4.79 Å². The lowest BCUT2D eigenvalue weighted by molar-refractivity contribution is -0.115. The molecule has 1 aromatic heterocycles. The Labute approximate surface area is 140 Å². The van der Waals surface area contributed by atoms with Crippen molar-refractivity contribution in [2.75, 3.05) is 25.5 Å². The molecule has 1 heterocycles. The van der Waals surface area contributed by atoms with Crippen LogP contribution in [0.15, 0.2) is 29.6 Å². The predicted molar refractivity (Wildman–Crippen MR) is 93.1 cm³/mol. The summed E-state index contributed by atoms with van der Waals surface area (Å²) in [6, 6.07) is 7.81. The maximum absolute atomic E-state index is 11.5. The highest BCUT2D eigenvalue weighted by molar-refractivity contribution is 7.14. The largest absolute Gasteiger partial charge is 0.494 e. The van der Waals surface area contributed by atoms with E-state index in [0.29, 0.717) is 5.13 Å². The first kappa shape index (κ1) is 18.4. The van der Waals surface area contributed by atoms with Crippen LogP contribution in [-0.4, -0.2) is 31.1 Å². The minimum Gasteiger partial charge on any atom is -0.494 e. The average Bonchev–Trinajstić information content (AvgIpc) is 2.94. The molecule has 120 valence electrons. The molecule has 7 heteroatoms. The number of amides is 1. The van der Waals surface area contributed by atoms with Crippen LogP contribution in [0.25, 0.3) is 11.3 Å². The van der Waals surface area contributed by atoms with Gasteiger partial charge in [-0.1, -0.05) is 6.92 Å². The van der Waals surface area contributed by atoms with Crippen LogP contribution in [-0.2, 0) is 4.79 Å². The predicted octanol–water partition coefficient (Wildman–Crippen LogP) is 3.18. The zero-order chi connectivity index (χ0) is 15.1. The number of hydrogen-bond acceptors (Lipinski definition) is 5. The van der Waals surface area contributed by atoms with Crippen molar-refractivity contribution in [1.29, 1.82) is 0 Å². The molecule has 0 radical (unpaired) electrons. The summed E-state index contributed by atoms with van der Waals surface area (Å²) < 4.78 is 5.55. The molecule has 0 saturated heterocycles. The van der Waals surface area contributed by atoms with E-state index in [1.807, 2.05) is 29.6 Å². The fraction of sp³-hybridized carbons (Fsp3) is 0.333. The zero-order valence-corrected chi connectivity index (χ0v) is 14.2. The van der Waals surface area contributed by atoms with Gasteiger partial charge in [0.1, 0.15) is 5.75 Å². The maximum Gasteiger partial charge on any atom is 0.240 e. The molecule has 0 bridgehead atoms. The third-order valence-electron chi connectivity index (χ3n) is 2.71. The number of nitrogens with zero attached hydrogens (tertiary/aromatic N) is 1. The summed E-state index contributed by atoms with van der Waals surface area (Å²) in [7, 11) is 1.73. The summed E-state index contributed by atoms with van der Waals surface area (Å²) >= 11 is 1.41. The second-order valence-electron chi connectivity index (χ2n) is 4.49. The first-order valence-electron chi connectivity index (χ1n) is 6.86. The van der Waals surface area contributed by atoms with E-state index in [1.54, 1.807) is 7.05 Å². The average molecular weight is 342 g/mol. The normalized spacial score (nSPS) is 9.91. The molecule has 5 nitrogen and oxygen atoms in total. The minimum atomic E-state index is -0.0956. The lowest BCUT2D eigenvalue weighted by Gasteiger charge is -2.04. The van der Waals surface area contributed by atoms with Gasteiger partial charge in [0.2, 0.25) is 5.91 Å². The fourth-order valence-corrected chi connectivity index (χ4v) is 2.47. The number of hydrogen-bond donors (Lipinski definition) is 2. The standard InChI is InChI=1S/C15H19N3O2S.ClH/c1-3-8-20-12-6-4-11(5-7-12)13-10-21-15(17-13)18-14(19)9-16-2;/h4-7,10,16H,3,8-9H2,1-2H3,(H,17,18,19);1H. The van der Waals surface area contributed by atoms with Crippen LogP contribution in [0.4, 0.5) is 5.13 Å². The number of rotatable bonds is 7. The Morgan fingerprint density at radius 3 is 2.68 bits per heavy atom. The van der Waals surface area contributed by atoms with Gasteiger partial charge in [-0.25, -0.2) is 4.98 Å². The Morgan fingerprint density at radius 2 is 2.05 bits per heavy atom. The highest BCUT2D eigenvalue weighted by Crippen LogP contribution is 2.26. The molecule has 1 aromatic carbocycles. The minimum absolute atomic E-state index is 0. The van der Waals surface area contributed by atoms with Gasteiger partial charge in [0, 0.05) is 10.9 Å². The van der Waals surface area contributed by atoms with E-state index in [9.17, 15) is 4.79 Å². The second kappa shape index (κ2) is 9.40. The van der Waals surface area contributed by atoms with Gasteiger partial charge in [0.25, 0.3) is 0 Å². The van der Waals surface area contributed by atoms with Gasteiger partial charge < -0.3 is 15.4 Å². The highest BCUT2D eigenvalue weighted by Gasteiger charge is 2.07. The lowest BCUT2D eigenvalue weighted by atomic mass is 10.2. The zero-order valence-electron chi connectivity index (χ0n) is 12.6. The second-order valence-corrected chi connectivity index (χ2v) is 5.35. The summed E-state index contributed by atoms with van der Waals surface area (Å²) in [5, 5.41) is 8.09. The molecule has 1 amide bonds. The van der Waals surface area contributed by atoms with Crippen LogP contribution in [0.3, 0.4) is 0 Å². The van der Waals surface area contributed by atoms with Crippen LogP contribution in [0.5, 0.6) is 5.75 Å². The van der Waals surface area contributed by atoms with Crippen molar-refractivity contribution in [3.8, 4) is 17.0 Å². The van der Waals surface area contributed by atoms with Crippen molar-refractivity contribution in [2.24, 2.45) is 0 Å². The van der Waals surface area contributed by atoms with E-state index in [0.717, 1.165) is 30.0 Å². The molecule has 0 aliphatic rings. The van der Waals surface area contributed by atoms with E-state index in [4.69, 9.17) is 4.74 Å². The van der Waals surface area contributed by atoms with Crippen LogP contribution in [0, 0.1) is 0 Å². The summed E-state index contributed by atoms with van der Waals surface area (Å²) in [5.74, 6) is 0.764. The lowest BCUT2D eigenvalue weighted by Crippen LogP contribution is -2.24. The van der Waals surface area contributed by atoms with Crippen molar-refractivity contribution in [1.82, 2.24) is 10.3 Å². The number of anilines is 1. The topological polar surface area (TPSA) is 63.2 Å². The molecule has 2 aromatic rings. The molecule has 0 fully saturated rings. The number of halogens is 1. The number of aromatic nitrogens is 1. The summed E-state index contributed by atoms with van der Waals surface area (Å²) in [6.45, 7) is 3.07. The third-order valence-corrected chi connectivity index (χ3v) is 3.47. The van der Waals surface area contributed by atoms with E-state index >= 15 is 0 Å². The highest BCUT2D eigenvalue weighted by atomic mass is 35.5. The molecule has 0 spiro atoms. The first-order chi connectivity index (χ1) is 10.2. The molecule has 22 heavy (non-hydrogen) atoms. The summed E-state index contributed by atoms with van der Waals surface area (Å²) in [5.41, 5.74) is 1.85. The van der Waals surface area contributed by atoms with E-state index in [1.165, 1.54) is 11.3 Å². The molecule has 0 aliphatic carbocycles. The Bertz CT molecular complexity index is 587. The molecule has 2 rings (SSSR count). The van der Waals surface area contributed by atoms with Crippen LogP contribution < -0.4 is 15.4 Å². The Kier molecular flexibility index (Phi) is 7.87. The first-order valence-corrected chi connectivity index (χ1v) is 7.74.